The molecule has 4 N–H and O–H groups in total. The molecule has 3 saturated carbocycles. The number of pyridine rings is 1. The Bertz CT molecular complexity index is 2080. The van der Waals surface area contributed by atoms with Crippen molar-refractivity contribution in [1.82, 2.24) is 4.98 Å². The predicted molar refractivity (Wildman–Crippen MR) is 210 cm³/mol. The highest BCUT2D eigenvalue weighted by atomic mass is 16.5. The van der Waals surface area contributed by atoms with Gasteiger partial charge in [-0.2, -0.15) is 0 Å². The van der Waals surface area contributed by atoms with E-state index in [4.69, 9.17) is 15.2 Å². The Morgan fingerprint density at radius 2 is 1.75 bits per heavy atom. The third-order valence-corrected chi connectivity index (χ3v) is 13.3. The molecular weight excluding hydrogens is 711 g/mol. The lowest BCUT2D eigenvalue weighted by molar-refractivity contribution is -0.155. The first-order chi connectivity index (χ1) is 26.9. The summed E-state index contributed by atoms with van der Waals surface area (Å²) in [6.07, 6.45) is 11.9. The molecule has 1 aromatic heterocycles. The van der Waals surface area contributed by atoms with Crippen LogP contribution in [0.4, 0.5) is 5.69 Å². The first-order valence-electron chi connectivity index (χ1n) is 19.8. The molecule has 0 aliphatic heterocycles. The number of anilines is 1. The van der Waals surface area contributed by atoms with Gasteiger partial charge in [0.05, 0.1) is 24.9 Å². The van der Waals surface area contributed by atoms with E-state index in [2.05, 4.69) is 24.1 Å². The number of carbonyl (C=O) groups is 5. The molecule has 3 fully saturated rings. The van der Waals surface area contributed by atoms with Crippen molar-refractivity contribution in [3.63, 3.8) is 0 Å². The number of aliphatic hydroxyl groups is 1. The molecule has 1 amide bonds. The number of Topliss-reactive ketones (excluding diaryl/α,β-unsaturated/α-hetero) is 1. The van der Waals surface area contributed by atoms with Crippen LogP contribution in [0.2, 0.25) is 0 Å². The minimum absolute atomic E-state index is 0.000295. The van der Waals surface area contributed by atoms with Crippen LogP contribution < -0.4 is 11.1 Å². The zero-order valence-electron chi connectivity index (χ0n) is 32.1. The van der Waals surface area contributed by atoms with E-state index in [1.165, 1.54) is 0 Å². The molecule has 3 unspecified atom stereocenters. The van der Waals surface area contributed by atoms with E-state index in [9.17, 15) is 29.1 Å². The van der Waals surface area contributed by atoms with Crippen LogP contribution in [-0.2, 0) is 40.1 Å². The van der Waals surface area contributed by atoms with Gasteiger partial charge in [0, 0.05) is 40.7 Å². The Morgan fingerprint density at radius 3 is 2.52 bits per heavy atom. The van der Waals surface area contributed by atoms with Crippen LogP contribution in [0.1, 0.15) is 82.3 Å². The fraction of sp³-hybridized carbons (Fsp3) is 0.467. The van der Waals surface area contributed by atoms with Gasteiger partial charge < -0.3 is 25.6 Å². The maximum atomic E-state index is 13.5. The average molecular weight is 762 g/mol. The Kier molecular flexibility index (Phi) is 11.4. The number of ether oxygens (including phenoxy) is 2. The highest BCUT2D eigenvalue weighted by Crippen LogP contribution is 2.66. The van der Waals surface area contributed by atoms with Gasteiger partial charge in [-0.05, 0) is 109 Å². The van der Waals surface area contributed by atoms with Gasteiger partial charge in [0.25, 0.3) is 0 Å². The number of amides is 1. The summed E-state index contributed by atoms with van der Waals surface area (Å²) in [5, 5.41) is 16.5. The molecule has 0 radical (unpaired) electrons. The van der Waals surface area contributed by atoms with Gasteiger partial charge in [0.1, 0.15) is 13.2 Å². The van der Waals surface area contributed by atoms with Gasteiger partial charge >= 0.3 is 11.9 Å². The number of allylic oxidation sites excluding steroid dienone is 4. The molecule has 1 heterocycles. The second-order valence-electron chi connectivity index (χ2n) is 16.5. The summed E-state index contributed by atoms with van der Waals surface area (Å²) in [6, 6.07) is 14.8. The largest absolute Gasteiger partial charge is 0.461 e. The van der Waals surface area contributed by atoms with Gasteiger partial charge in [-0.25, -0.2) is 0 Å². The molecule has 4 aliphatic rings. The smallest absolute Gasteiger partial charge is 0.306 e. The van der Waals surface area contributed by atoms with Crippen molar-refractivity contribution in [1.29, 1.82) is 0 Å². The minimum Gasteiger partial charge on any atom is -0.461 e. The van der Waals surface area contributed by atoms with Crippen molar-refractivity contribution in [2.45, 2.75) is 83.8 Å². The number of nitrogens with two attached hydrogens (primary N) is 1. The standard InChI is InChI=1S/C45H51N3O8/c1-44-18-15-33(49)22-31(44)8-10-35-36-11-12-37(45(36,2)23-38(50)42(35)44)39(51)26-56-41(53)14-13-40(52)55-25-27-3-5-28(6-4-27)34(16-19-46)43(54)48-32-9-7-30-24-47-20-17-29(30)21-32/h3-7,9,15,17-18,20-22,24,34-38,42,50H,8,10-14,16,19,23,25-26,46H2,1-2H3,(H,48,54)/t34?,35-,36?,37+,38-,42?,44-,45-/m0/s1. The molecular formula is C45H51N3O8. The highest BCUT2D eigenvalue weighted by molar-refractivity contribution is 6.01. The zero-order valence-corrected chi connectivity index (χ0v) is 32.1. The Hall–Kier alpha value is -5.00. The fourth-order valence-corrected chi connectivity index (χ4v) is 10.5. The molecule has 2 aromatic carbocycles. The number of aliphatic hydroxyl groups excluding tert-OH is 1. The molecule has 11 nitrogen and oxygen atoms in total. The summed E-state index contributed by atoms with van der Waals surface area (Å²) in [6.45, 7) is 4.19. The van der Waals surface area contributed by atoms with Crippen LogP contribution in [0.3, 0.4) is 0 Å². The third kappa shape index (κ3) is 7.84. The second-order valence-corrected chi connectivity index (χ2v) is 16.5. The Balaban J connectivity index is 0.855. The Morgan fingerprint density at radius 1 is 0.982 bits per heavy atom. The number of esters is 2. The van der Waals surface area contributed by atoms with Gasteiger partial charge in [0.2, 0.25) is 5.91 Å². The second kappa shape index (κ2) is 16.2. The summed E-state index contributed by atoms with van der Waals surface area (Å²) in [4.78, 5) is 68.2. The van der Waals surface area contributed by atoms with E-state index in [0.717, 1.165) is 46.7 Å². The van der Waals surface area contributed by atoms with Crippen molar-refractivity contribution in [2.75, 3.05) is 18.5 Å². The highest BCUT2D eigenvalue weighted by Gasteiger charge is 2.62. The van der Waals surface area contributed by atoms with Gasteiger partial charge in [-0.3, -0.25) is 29.0 Å². The lowest BCUT2D eigenvalue weighted by Gasteiger charge is -2.58. The normalized spacial score (nSPS) is 28.3. The van der Waals surface area contributed by atoms with Crippen LogP contribution in [0.15, 0.2) is 84.7 Å². The van der Waals surface area contributed by atoms with E-state index in [1.54, 1.807) is 36.7 Å². The van der Waals surface area contributed by atoms with Gasteiger partial charge in [-0.15, -0.1) is 0 Å². The first-order valence-corrected chi connectivity index (χ1v) is 19.8. The summed E-state index contributed by atoms with van der Waals surface area (Å²) in [5.41, 5.74) is 8.36. The van der Waals surface area contributed by atoms with Gasteiger partial charge in [0.15, 0.2) is 11.6 Å². The molecule has 0 saturated heterocycles. The number of benzene rings is 2. The molecule has 3 aromatic rings. The summed E-state index contributed by atoms with van der Waals surface area (Å²) < 4.78 is 10.8. The summed E-state index contributed by atoms with van der Waals surface area (Å²) in [7, 11) is 0. The van der Waals surface area contributed by atoms with Crippen molar-refractivity contribution < 1.29 is 38.6 Å². The SMILES string of the molecule is C[C@]12C=CC(=O)C=C1CC[C@@H]1C2[C@@H](O)C[C@@]2(C)C1CC[C@@H]2C(=O)COC(=O)CCC(=O)OCc1ccc(C(CCN)C(=O)Nc2ccc3cnccc3c2)cc1. The lowest BCUT2D eigenvalue weighted by Crippen LogP contribution is -2.56. The van der Waals surface area contributed by atoms with Crippen molar-refractivity contribution in [3.8, 4) is 0 Å². The molecule has 0 spiro atoms. The lowest BCUT2D eigenvalue weighted by atomic mass is 9.46. The molecule has 0 bridgehead atoms. The number of aromatic nitrogens is 1. The molecule has 7 rings (SSSR count). The number of ketones is 2. The zero-order chi connectivity index (χ0) is 39.6. The van der Waals surface area contributed by atoms with E-state index in [-0.39, 0.29) is 72.6 Å². The maximum Gasteiger partial charge on any atom is 0.306 e. The first kappa shape index (κ1) is 39.2. The topological polar surface area (TPSA) is 175 Å². The number of hydrogen-bond acceptors (Lipinski definition) is 10. The van der Waals surface area contributed by atoms with Crippen LogP contribution in [-0.4, -0.2) is 58.8 Å². The third-order valence-electron chi connectivity index (χ3n) is 13.3. The van der Waals surface area contributed by atoms with E-state index < -0.39 is 29.4 Å². The molecule has 8 atom stereocenters. The number of nitrogens with zero attached hydrogens (tertiary/aromatic N) is 1. The van der Waals surface area contributed by atoms with Crippen molar-refractivity contribution in [2.24, 2.45) is 40.2 Å². The van der Waals surface area contributed by atoms with Crippen LogP contribution >= 0.6 is 0 Å². The fourth-order valence-electron chi connectivity index (χ4n) is 10.5. The number of carbonyl (C=O) groups excluding carboxylic acids is 5. The number of fused-ring (bicyclic) bond motifs is 6. The Labute approximate surface area is 327 Å². The van der Waals surface area contributed by atoms with E-state index >= 15 is 0 Å². The summed E-state index contributed by atoms with van der Waals surface area (Å²) in [5.74, 6) is -1.88. The van der Waals surface area contributed by atoms with Crippen LogP contribution in [0.25, 0.3) is 10.8 Å². The number of hydrogen-bond donors (Lipinski definition) is 3. The summed E-state index contributed by atoms with van der Waals surface area (Å²) >= 11 is 0. The van der Waals surface area contributed by atoms with Crippen molar-refractivity contribution >= 4 is 45.9 Å². The molecule has 11 heteroatoms. The average Bonchev–Trinajstić information content (AvgIpc) is 3.54. The van der Waals surface area contributed by atoms with Gasteiger partial charge in [-0.1, -0.05) is 55.8 Å². The van der Waals surface area contributed by atoms with E-state index in [1.807, 2.05) is 42.5 Å². The van der Waals surface area contributed by atoms with Crippen LogP contribution in [0.5, 0.6) is 0 Å². The number of rotatable bonds is 13. The minimum atomic E-state index is -0.647. The van der Waals surface area contributed by atoms with Crippen LogP contribution in [0, 0.1) is 34.5 Å². The quantitative estimate of drug-likeness (QED) is 0.172. The maximum absolute atomic E-state index is 13.5. The molecule has 56 heavy (non-hydrogen) atoms. The van der Waals surface area contributed by atoms with Crippen molar-refractivity contribution in [3.05, 3.63) is 95.9 Å². The molecule has 4 aliphatic carbocycles. The predicted octanol–water partition coefficient (Wildman–Crippen LogP) is 6.14. The van der Waals surface area contributed by atoms with E-state index in [0.29, 0.717) is 31.5 Å². The molecule has 294 valence electrons. The monoisotopic (exact) mass is 761 g/mol. The number of nitrogens with one attached hydrogen (secondary N) is 1.